The summed E-state index contributed by atoms with van der Waals surface area (Å²) in [5.74, 6) is 0.576. The highest BCUT2D eigenvalue weighted by atomic mass is 35.5. The third kappa shape index (κ3) is 7.32. The monoisotopic (exact) mass is 672 g/mol. The second kappa shape index (κ2) is 13.6. The molecule has 47 heavy (non-hydrogen) atoms. The molecule has 6 rings (SSSR count). The van der Waals surface area contributed by atoms with Gasteiger partial charge in [-0.05, 0) is 72.0 Å². The molecule has 1 saturated carbocycles. The normalized spacial score (nSPS) is 13.1. The maximum absolute atomic E-state index is 14.7. The molecule has 1 aromatic heterocycles. The first-order chi connectivity index (χ1) is 22.6. The van der Waals surface area contributed by atoms with E-state index in [4.69, 9.17) is 21.1 Å². The fraction of sp³-hybridized carbons (Fsp3) is 0.229. The highest BCUT2D eigenvalue weighted by molar-refractivity contribution is 7.89. The van der Waals surface area contributed by atoms with Crippen molar-refractivity contribution in [3.8, 4) is 11.5 Å². The number of methoxy groups -OCH3 is 2. The van der Waals surface area contributed by atoms with Gasteiger partial charge in [-0.15, -0.1) is 0 Å². The van der Waals surface area contributed by atoms with E-state index in [-0.39, 0.29) is 58.7 Å². The number of hydrogen-bond acceptors (Lipinski definition) is 7. The Morgan fingerprint density at radius 3 is 2.06 bits per heavy atom. The molecule has 1 amide bonds. The largest absolute Gasteiger partial charge is 0.497 e. The number of nitrogens with zero attached hydrogens (tertiary/aromatic N) is 3. The molecule has 242 valence electrons. The third-order valence-electron chi connectivity index (χ3n) is 7.99. The Morgan fingerprint density at radius 2 is 1.51 bits per heavy atom. The number of fused-ring (bicyclic) bond motifs is 1. The molecule has 0 saturated heterocycles. The van der Waals surface area contributed by atoms with Gasteiger partial charge in [0.2, 0.25) is 21.8 Å². The number of hydrogen-bond donors (Lipinski definition) is 1. The van der Waals surface area contributed by atoms with Crippen LogP contribution in [-0.4, -0.2) is 48.5 Å². The predicted octanol–water partition coefficient (Wildman–Crippen LogP) is 6.33. The number of aromatic nitrogens is 2. The van der Waals surface area contributed by atoms with Gasteiger partial charge in [0.1, 0.15) is 11.5 Å². The lowest BCUT2D eigenvalue weighted by Crippen LogP contribution is -2.30. The Bertz CT molecular complexity index is 1990. The average Bonchev–Trinajstić information content (AvgIpc) is 3.84. The Labute approximate surface area is 277 Å². The molecule has 1 fully saturated rings. The minimum absolute atomic E-state index is 0.0184. The van der Waals surface area contributed by atoms with E-state index >= 15 is 0 Å². The Hall–Kier alpha value is -4.71. The predicted molar refractivity (Wildman–Crippen MR) is 179 cm³/mol. The van der Waals surface area contributed by atoms with Gasteiger partial charge in [0.15, 0.2) is 0 Å². The fourth-order valence-electron chi connectivity index (χ4n) is 5.26. The second-order valence-electron chi connectivity index (χ2n) is 11.4. The number of rotatable bonds is 12. The van der Waals surface area contributed by atoms with Crippen LogP contribution in [0.5, 0.6) is 11.5 Å². The Kier molecular flexibility index (Phi) is 9.31. The first-order valence-electron chi connectivity index (χ1n) is 15.0. The van der Waals surface area contributed by atoms with E-state index in [0.29, 0.717) is 22.1 Å². The van der Waals surface area contributed by atoms with E-state index in [1.807, 2.05) is 24.3 Å². The van der Waals surface area contributed by atoms with Crippen LogP contribution in [0.3, 0.4) is 0 Å². The topological polar surface area (TPSA) is 120 Å². The smallest absolute Gasteiger partial charge is 0.249 e. The zero-order chi connectivity index (χ0) is 33.1. The Balaban J connectivity index is 1.41. The summed E-state index contributed by atoms with van der Waals surface area (Å²) in [6.07, 6.45) is 2.98. The lowest BCUT2D eigenvalue weighted by atomic mass is 10.1. The van der Waals surface area contributed by atoms with E-state index in [9.17, 15) is 18.0 Å². The van der Waals surface area contributed by atoms with E-state index in [1.165, 1.54) is 21.3 Å². The zero-order valence-electron chi connectivity index (χ0n) is 25.9. The molecular formula is C35H33ClN4O6S. The van der Waals surface area contributed by atoms with E-state index in [1.54, 1.807) is 68.8 Å². The summed E-state index contributed by atoms with van der Waals surface area (Å²) in [6.45, 7) is 0.0795. The van der Waals surface area contributed by atoms with Gasteiger partial charge in [-0.1, -0.05) is 54.1 Å². The summed E-state index contributed by atoms with van der Waals surface area (Å²) in [5, 5.41) is 8.01. The van der Waals surface area contributed by atoms with Crippen molar-refractivity contribution in [3.05, 3.63) is 113 Å². The summed E-state index contributed by atoms with van der Waals surface area (Å²) in [5.41, 5.74) is 2.60. The van der Waals surface area contributed by atoms with E-state index in [0.717, 1.165) is 24.0 Å². The number of benzene rings is 4. The van der Waals surface area contributed by atoms with Crippen molar-refractivity contribution in [2.75, 3.05) is 19.5 Å². The molecule has 1 heterocycles. The molecular weight excluding hydrogens is 640 g/mol. The maximum atomic E-state index is 14.7. The number of carbonyl (C=O) groups is 2. The van der Waals surface area contributed by atoms with Crippen molar-refractivity contribution in [3.63, 3.8) is 0 Å². The van der Waals surface area contributed by atoms with Gasteiger partial charge in [-0.25, -0.2) is 13.1 Å². The van der Waals surface area contributed by atoms with Crippen LogP contribution < -0.4 is 14.8 Å². The molecule has 4 aromatic carbocycles. The number of sulfonamides is 1. The summed E-state index contributed by atoms with van der Waals surface area (Å²) in [7, 11) is -1.13. The number of anilines is 1. The second-order valence-corrected chi connectivity index (χ2v) is 13.7. The summed E-state index contributed by atoms with van der Waals surface area (Å²) < 4.78 is 42.6. The zero-order valence-corrected chi connectivity index (χ0v) is 27.4. The molecule has 0 unspecified atom stereocenters. The van der Waals surface area contributed by atoms with Gasteiger partial charge >= 0.3 is 0 Å². The maximum Gasteiger partial charge on any atom is 0.249 e. The van der Waals surface area contributed by atoms with Crippen LogP contribution in [-0.2, 0) is 34.3 Å². The molecule has 10 nitrogen and oxygen atoms in total. The molecule has 0 bridgehead atoms. The van der Waals surface area contributed by atoms with E-state index in [2.05, 4.69) is 10.4 Å². The molecule has 0 aliphatic heterocycles. The van der Waals surface area contributed by atoms with Crippen molar-refractivity contribution in [1.82, 2.24) is 14.1 Å². The SMILES string of the molecule is COc1ccc(CN(Cc2ccc(OC)cc2)S(=O)(=O)c2cc(NC(=O)Cc3ccccc3Cl)cc3nn(C(=O)C4CC4)cc23)cc1. The van der Waals surface area contributed by atoms with Gasteiger partial charge in [-0.3, -0.25) is 9.59 Å². The lowest BCUT2D eigenvalue weighted by Gasteiger charge is -2.23. The molecule has 1 aliphatic rings. The lowest BCUT2D eigenvalue weighted by molar-refractivity contribution is -0.115. The van der Waals surface area contributed by atoms with E-state index < -0.39 is 10.0 Å². The van der Waals surface area contributed by atoms with Crippen molar-refractivity contribution in [2.24, 2.45) is 5.92 Å². The number of carbonyl (C=O) groups excluding carboxylic acids is 2. The number of halogens is 1. The molecule has 0 atom stereocenters. The first kappa shape index (κ1) is 32.2. The summed E-state index contributed by atoms with van der Waals surface area (Å²) in [6, 6.07) is 24.3. The molecule has 1 aliphatic carbocycles. The molecule has 0 spiro atoms. The van der Waals surface area contributed by atoms with Crippen LogP contribution in [0.25, 0.3) is 10.9 Å². The number of nitrogens with one attached hydrogen (secondary N) is 1. The van der Waals surface area contributed by atoms with Crippen LogP contribution in [0.2, 0.25) is 5.02 Å². The third-order valence-corrected chi connectivity index (χ3v) is 10.2. The summed E-state index contributed by atoms with van der Waals surface area (Å²) >= 11 is 6.28. The molecule has 12 heteroatoms. The molecule has 0 radical (unpaired) electrons. The highest BCUT2D eigenvalue weighted by Crippen LogP contribution is 2.34. The van der Waals surface area contributed by atoms with Crippen LogP contribution in [0.1, 0.15) is 34.3 Å². The first-order valence-corrected chi connectivity index (χ1v) is 16.8. The van der Waals surface area contributed by atoms with Crippen LogP contribution in [0.4, 0.5) is 5.69 Å². The quantitative estimate of drug-likeness (QED) is 0.165. The highest BCUT2D eigenvalue weighted by Gasteiger charge is 2.33. The number of ether oxygens (including phenoxy) is 2. The Morgan fingerprint density at radius 1 is 0.915 bits per heavy atom. The van der Waals surface area contributed by atoms with Crippen molar-refractivity contribution < 1.29 is 27.5 Å². The molecule has 5 aromatic rings. The van der Waals surface area contributed by atoms with Crippen LogP contribution in [0, 0.1) is 5.92 Å². The fourth-order valence-corrected chi connectivity index (χ4v) is 7.09. The van der Waals surface area contributed by atoms with Gasteiger partial charge in [0, 0.05) is 41.3 Å². The average molecular weight is 673 g/mol. The molecule has 1 N–H and O–H groups in total. The standard InChI is InChI=1S/C35H33ClN4O6S/c1-45-28-13-7-23(8-14-28)20-39(21-24-9-15-29(46-2)16-10-24)47(43,44)33-19-27(37-34(41)17-26-5-3-4-6-31(26)36)18-32-30(33)22-40(38-32)35(42)25-11-12-25/h3-10,13-16,18-19,22,25H,11-12,17,20-21H2,1-2H3,(H,37,41). The van der Waals surface area contributed by atoms with Gasteiger partial charge < -0.3 is 14.8 Å². The van der Waals surface area contributed by atoms with Gasteiger partial charge in [0.25, 0.3) is 0 Å². The van der Waals surface area contributed by atoms with Crippen LogP contribution >= 0.6 is 11.6 Å². The van der Waals surface area contributed by atoms with Crippen LogP contribution in [0.15, 0.2) is 96.0 Å². The minimum Gasteiger partial charge on any atom is -0.497 e. The van der Waals surface area contributed by atoms with Crippen molar-refractivity contribution in [2.45, 2.75) is 37.2 Å². The van der Waals surface area contributed by atoms with Crippen molar-refractivity contribution in [1.29, 1.82) is 0 Å². The minimum atomic E-state index is -4.26. The van der Waals surface area contributed by atoms with Gasteiger partial charge in [-0.2, -0.15) is 9.40 Å². The van der Waals surface area contributed by atoms with Gasteiger partial charge in [0.05, 0.1) is 31.1 Å². The van der Waals surface area contributed by atoms with Crippen molar-refractivity contribution >= 4 is 50.0 Å². The number of amides is 1. The summed E-state index contributed by atoms with van der Waals surface area (Å²) in [4.78, 5) is 26.0.